The number of rotatable bonds is 5. The third-order valence-corrected chi connectivity index (χ3v) is 3.21. The first-order valence-electron chi connectivity index (χ1n) is 5.18. The van der Waals surface area contributed by atoms with Crippen molar-refractivity contribution in [3.63, 3.8) is 0 Å². The lowest BCUT2D eigenvalue weighted by molar-refractivity contribution is 0.318. The van der Waals surface area contributed by atoms with Gasteiger partial charge in [0.1, 0.15) is 5.75 Å². The van der Waals surface area contributed by atoms with Crippen LogP contribution < -0.4 is 10.5 Å². The third-order valence-electron chi connectivity index (χ3n) is 2.28. The molecule has 0 atom stereocenters. The third kappa shape index (κ3) is 2.81. The van der Waals surface area contributed by atoms with Gasteiger partial charge >= 0.3 is 0 Å². The smallest absolute Gasteiger partial charge is 0.142 e. The summed E-state index contributed by atoms with van der Waals surface area (Å²) in [6.45, 7) is 1.15. The predicted octanol–water partition coefficient (Wildman–Crippen LogP) is 2.22. The minimum atomic E-state index is 0.483. The quantitative estimate of drug-likeness (QED) is 0.863. The number of hydrogen-bond acceptors (Lipinski definition) is 4. The molecule has 3 nitrogen and oxygen atoms in total. The molecule has 0 saturated carbocycles. The number of thiophene rings is 1. The molecule has 0 aliphatic carbocycles. The summed E-state index contributed by atoms with van der Waals surface area (Å²) in [6.07, 6.45) is 4.38. The van der Waals surface area contributed by atoms with Crippen LogP contribution in [0.1, 0.15) is 10.4 Å². The second kappa shape index (κ2) is 5.63. The van der Waals surface area contributed by atoms with Crippen LogP contribution in [-0.2, 0) is 13.0 Å². The Hall–Kier alpha value is -1.39. The molecule has 16 heavy (non-hydrogen) atoms. The van der Waals surface area contributed by atoms with Crippen molar-refractivity contribution in [3.05, 3.63) is 46.4 Å². The highest BCUT2D eigenvalue weighted by atomic mass is 32.1. The molecule has 2 heterocycles. The van der Waals surface area contributed by atoms with Crippen molar-refractivity contribution in [1.82, 2.24) is 4.98 Å². The molecule has 0 fully saturated rings. The minimum Gasteiger partial charge on any atom is -0.491 e. The van der Waals surface area contributed by atoms with Crippen molar-refractivity contribution in [1.29, 1.82) is 0 Å². The van der Waals surface area contributed by atoms with Crippen LogP contribution in [0.3, 0.4) is 0 Å². The van der Waals surface area contributed by atoms with Gasteiger partial charge in [-0.2, -0.15) is 0 Å². The fourth-order valence-corrected chi connectivity index (χ4v) is 2.11. The Morgan fingerprint density at radius 3 is 3.06 bits per heavy atom. The van der Waals surface area contributed by atoms with Gasteiger partial charge in [-0.1, -0.05) is 6.07 Å². The highest BCUT2D eigenvalue weighted by molar-refractivity contribution is 7.09. The van der Waals surface area contributed by atoms with Gasteiger partial charge in [-0.3, -0.25) is 4.98 Å². The molecule has 0 aliphatic heterocycles. The molecule has 0 radical (unpaired) electrons. The van der Waals surface area contributed by atoms with Gasteiger partial charge in [0.2, 0.25) is 0 Å². The first-order chi connectivity index (χ1) is 7.90. The van der Waals surface area contributed by atoms with E-state index in [1.807, 2.05) is 6.07 Å². The van der Waals surface area contributed by atoms with Crippen LogP contribution >= 0.6 is 11.3 Å². The molecule has 0 spiro atoms. The molecule has 0 aromatic carbocycles. The Labute approximate surface area is 98.9 Å². The first kappa shape index (κ1) is 11.1. The van der Waals surface area contributed by atoms with E-state index in [9.17, 15) is 0 Å². The van der Waals surface area contributed by atoms with Crippen molar-refractivity contribution >= 4 is 11.3 Å². The molecule has 2 N–H and O–H groups in total. The minimum absolute atomic E-state index is 0.483. The van der Waals surface area contributed by atoms with E-state index in [0.717, 1.165) is 17.7 Å². The van der Waals surface area contributed by atoms with Crippen LogP contribution in [0.15, 0.2) is 36.0 Å². The molecule has 2 aromatic rings. The second-order valence-corrected chi connectivity index (χ2v) is 4.40. The van der Waals surface area contributed by atoms with Crippen LogP contribution in [0.5, 0.6) is 5.75 Å². The maximum absolute atomic E-state index is 5.67. The monoisotopic (exact) mass is 234 g/mol. The zero-order valence-electron chi connectivity index (χ0n) is 8.93. The van der Waals surface area contributed by atoms with Gasteiger partial charge in [-0.25, -0.2) is 0 Å². The van der Waals surface area contributed by atoms with Crippen molar-refractivity contribution in [2.75, 3.05) is 6.61 Å². The van der Waals surface area contributed by atoms with E-state index in [1.165, 1.54) is 4.88 Å². The van der Waals surface area contributed by atoms with E-state index in [1.54, 1.807) is 23.7 Å². The van der Waals surface area contributed by atoms with Gasteiger partial charge < -0.3 is 10.5 Å². The lowest BCUT2D eigenvalue weighted by Crippen LogP contribution is -2.05. The largest absolute Gasteiger partial charge is 0.491 e. The number of aromatic nitrogens is 1. The van der Waals surface area contributed by atoms with Gasteiger partial charge in [-0.05, 0) is 17.5 Å². The highest BCUT2D eigenvalue weighted by Gasteiger charge is 2.01. The van der Waals surface area contributed by atoms with E-state index in [0.29, 0.717) is 13.2 Å². The number of hydrogen-bond donors (Lipinski definition) is 1. The maximum Gasteiger partial charge on any atom is 0.142 e. The topological polar surface area (TPSA) is 48.1 Å². The van der Waals surface area contributed by atoms with Gasteiger partial charge in [0.15, 0.2) is 0 Å². The average Bonchev–Trinajstić information content (AvgIpc) is 2.83. The van der Waals surface area contributed by atoms with Crippen molar-refractivity contribution in [2.45, 2.75) is 13.0 Å². The van der Waals surface area contributed by atoms with Gasteiger partial charge in [0.05, 0.1) is 12.8 Å². The van der Waals surface area contributed by atoms with E-state index < -0.39 is 0 Å². The normalized spacial score (nSPS) is 10.3. The Morgan fingerprint density at radius 2 is 2.31 bits per heavy atom. The Bertz CT molecular complexity index is 428. The second-order valence-electron chi connectivity index (χ2n) is 3.37. The SMILES string of the molecule is NCc1ccncc1OCCc1cccs1. The molecule has 0 aliphatic rings. The van der Waals surface area contributed by atoms with E-state index in [4.69, 9.17) is 10.5 Å². The molecule has 2 aromatic heterocycles. The number of nitrogens with two attached hydrogens (primary N) is 1. The summed E-state index contributed by atoms with van der Waals surface area (Å²) >= 11 is 1.75. The maximum atomic E-state index is 5.67. The van der Waals surface area contributed by atoms with Crippen LogP contribution in [0.25, 0.3) is 0 Å². The Morgan fingerprint density at radius 1 is 1.38 bits per heavy atom. The van der Waals surface area contributed by atoms with E-state index in [2.05, 4.69) is 22.5 Å². The number of pyridine rings is 1. The van der Waals surface area contributed by atoms with Crippen LogP contribution in [0.2, 0.25) is 0 Å². The fourth-order valence-electron chi connectivity index (χ4n) is 1.42. The number of ether oxygens (including phenoxy) is 1. The van der Waals surface area contributed by atoms with Crippen LogP contribution in [-0.4, -0.2) is 11.6 Å². The summed E-state index contributed by atoms with van der Waals surface area (Å²) < 4.78 is 5.67. The molecule has 2 rings (SSSR count). The zero-order chi connectivity index (χ0) is 11.2. The molecule has 0 saturated heterocycles. The molecular formula is C12H14N2OS. The zero-order valence-corrected chi connectivity index (χ0v) is 9.74. The van der Waals surface area contributed by atoms with Crippen LogP contribution in [0, 0.1) is 0 Å². The predicted molar refractivity (Wildman–Crippen MR) is 65.6 cm³/mol. The Balaban J connectivity index is 1.89. The van der Waals surface area contributed by atoms with Gasteiger partial charge in [0.25, 0.3) is 0 Å². The number of nitrogens with zero attached hydrogens (tertiary/aromatic N) is 1. The molecule has 84 valence electrons. The van der Waals surface area contributed by atoms with Crippen molar-refractivity contribution in [3.8, 4) is 5.75 Å². The molecular weight excluding hydrogens is 220 g/mol. The lowest BCUT2D eigenvalue weighted by Gasteiger charge is -2.08. The summed E-state index contributed by atoms with van der Waals surface area (Å²) in [5.41, 5.74) is 6.61. The molecule has 0 amide bonds. The van der Waals surface area contributed by atoms with Gasteiger partial charge in [0, 0.05) is 29.6 Å². The summed E-state index contributed by atoms with van der Waals surface area (Å²) in [4.78, 5) is 5.36. The highest BCUT2D eigenvalue weighted by Crippen LogP contribution is 2.16. The summed E-state index contributed by atoms with van der Waals surface area (Å²) in [5.74, 6) is 0.793. The fraction of sp³-hybridized carbons (Fsp3) is 0.250. The first-order valence-corrected chi connectivity index (χ1v) is 6.06. The standard InChI is InChI=1S/C12H14N2OS/c13-8-10-3-5-14-9-12(10)15-6-4-11-2-1-7-16-11/h1-3,5,7,9H,4,6,8,13H2. The van der Waals surface area contributed by atoms with E-state index in [-0.39, 0.29) is 0 Å². The summed E-state index contributed by atoms with van der Waals surface area (Å²) in [6, 6.07) is 6.05. The molecule has 0 bridgehead atoms. The summed E-state index contributed by atoms with van der Waals surface area (Å²) in [5, 5.41) is 2.07. The molecule has 0 unspecified atom stereocenters. The van der Waals surface area contributed by atoms with Crippen molar-refractivity contribution < 1.29 is 4.74 Å². The van der Waals surface area contributed by atoms with E-state index >= 15 is 0 Å². The van der Waals surface area contributed by atoms with Crippen LogP contribution in [0.4, 0.5) is 0 Å². The summed E-state index contributed by atoms with van der Waals surface area (Å²) in [7, 11) is 0. The van der Waals surface area contributed by atoms with Crippen molar-refractivity contribution in [2.24, 2.45) is 5.73 Å². The average molecular weight is 234 g/mol. The Kier molecular flexibility index (Phi) is 3.91. The molecule has 4 heteroatoms. The lowest BCUT2D eigenvalue weighted by atomic mass is 10.2. The van der Waals surface area contributed by atoms with Gasteiger partial charge in [-0.15, -0.1) is 11.3 Å².